The van der Waals surface area contributed by atoms with E-state index in [-0.39, 0.29) is 17.5 Å². The molecule has 0 aliphatic rings. The lowest BCUT2D eigenvalue weighted by atomic mass is 9.90. The molecule has 0 unspecified atom stereocenters. The van der Waals surface area contributed by atoms with Crippen molar-refractivity contribution < 1.29 is 19.7 Å². The molecule has 2 N–H and O–H groups in total. The number of fused-ring (bicyclic) bond motifs is 2. The minimum Gasteiger partial charge on any atom is -0.508 e. The molecule has 0 heterocycles. The van der Waals surface area contributed by atoms with Gasteiger partial charge in [0.2, 0.25) is 0 Å². The molecule has 0 aliphatic carbocycles. The Morgan fingerprint density at radius 3 is 1.85 bits per heavy atom. The molecular formula is C22H16O4. The van der Waals surface area contributed by atoms with Crippen LogP contribution in [0, 0.1) is 0 Å². The lowest BCUT2D eigenvalue weighted by molar-refractivity contribution is -0.131. The van der Waals surface area contributed by atoms with Gasteiger partial charge in [0, 0.05) is 34.9 Å². The van der Waals surface area contributed by atoms with Crippen molar-refractivity contribution in [3.8, 4) is 28.4 Å². The van der Waals surface area contributed by atoms with Crippen LogP contribution in [0.1, 0.15) is 6.92 Å². The van der Waals surface area contributed by atoms with Crippen LogP contribution in [-0.2, 0) is 4.79 Å². The first-order valence-electron chi connectivity index (χ1n) is 8.20. The standard InChI is InChI=1S/C22H16O4/c1-13(23)26-22-17-8-4-2-6-15(17)21(16-7-3-5-9-18(16)22)19-11-10-14(24)12-20(19)25/h2-12,24-25H,1H3. The maximum atomic E-state index is 11.7. The van der Waals surface area contributed by atoms with Gasteiger partial charge in [0.1, 0.15) is 17.2 Å². The summed E-state index contributed by atoms with van der Waals surface area (Å²) in [6, 6.07) is 19.7. The van der Waals surface area contributed by atoms with Crippen molar-refractivity contribution in [2.45, 2.75) is 6.92 Å². The number of hydrogen-bond donors (Lipinski definition) is 2. The van der Waals surface area contributed by atoms with Crippen molar-refractivity contribution in [2.75, 3.05) is 0 Å². The molecule has 0 spiro atoms. The molecule has 4 heteroatoms. The van der Waals surface area contributed by atoms with Crippen LogP contribution >= 0.6 is 0 Å². The Kier molecular flexibility index (Phi) is 3.73. The van der Waals surface area contributed by atoms with E-state index in [1.165, 1.54) is 13.0 Å². The van der Waals surface area contributed by atoms with Gasteiger partial charge < -0.3 is 14.9 Å². The number of ether oxygens (including phenoxy) is 1. The summed E-state index contributed by atoms with van der Waals surface area (Å²) in [4.78, 5) is 11.7. The van der Waals surface area contributed by atoms with E-state index in [1.54, 1.807) is 12.1 Å². The van der Waals surface area contributed by atoms with Crippen molar-refractivity contribution in [1.82, 2.24) is 0 Å². The summed E-state index contributed by atoms with van der Waals surface area (Å²) in [5, 5.41) is 23.3. The van der Waals surface area contributed by atoms with Crippen LogP contribution in [0.25, 0.3) is 32.7 Å². The van der Waals surface area contributed by atoms with Gasteiger partial charge in [0.15, 0.2) is 0 Å². The molecule has 0 bridgehead atoms. The third kappa shape index (κ3) is 2.52. The molecule has 128 valence electrons. The molecule has 0 aromatic heterocycles. The predicted octanol–water partition coefficient (Wildman–Crippen LogP) is 5.00. The molecule has 0 aliphatic heterocycles. The number of aromatic hydroxyl groups is 2. The first kappa shape index (κ1) is 16.0. The van der Waals surface area contributed by atoms with Gasteiger partial charge in [0.05, 0.1) is 0 Å². The van der Waals surface area contributed by atoms with Crippen molar-refractivity contribution >= 4 is 27.5 Å². The van der Waals surface area contributed by atoms with Gasteiger partial charge in [-0.3, -0.25) is 4.79 Å². The minimum atomic E-state index is -0.388. The molecule has 4 aromatic carbocycles. The first-order valence-corrected chi connectivity index (χ1v) is 8.20. The van der Waals surface area contributed by atoms with E-state index in [0.717, 1.165) is 27.1 Å². The number of esters is 1. The Morgan fingerprint density at radius 2 is 1.35 bits per heavy atom. The zero-order valence-electron chi connectivity index (χ0n) is 14.1. The molecule has 0 fully saturated rings. The normalized spacial score (nSPS) is 11.0. The third-order valence-electron chi connectivity index (χ3n) is 4.38. The average Bonchev–Trinajstić information content (AvgIpc) is 2.62. The van der Waals surface area contributed by atoms with E-state index in [2.05, 4.69) is 0 Å². The quantitative estimate of drug-likeness (QED) is 0.305. The zero-order chi connectivity index (χ0) is 18.3. The minimum absolute atomic E-state index is 0.00334. The number of phenols is 2. The van der Waals surface area contributed by atoms with Gasteiger partial charge in [-0.1, -0.05) is 48.5 Å². The second-order valence-electron chi connectivity index (χ2n) is 6.09. The molecule has 0 saturated heterocycles. The lowest BCUT2D eigenvalue weighted by Gasteiger charge is -2.17. The fraction of sp³-hybridized carbons (Fsp3) is 0.0455. The van der Waals surface area contributed by atoms with Gasteiger partial charge in [-0.15, -0.1) is 0 Å². The molecule has 0 amide bonds. The second kappa shape index (κ2) is 6.08. The topological polar surface area (TPSA) is 66.8 Å². The van der Waals surface area contributed by atoms with Crippen LogP contribution < -0.4 is 4.74 Å². The molecule has 4 rings (SSSR count). The van der Waals surface area contributed by atoms with Crippen LogP contribution in [0.3, 0.4) is 0 Å². The second-order valence-corrected chi connectivity index (χ2v) is 6.09. The van der Waals surface area contributed by atoms with E-state index in [1.807, 2.05) is 48.5 Å². The maximum Gasteiger partial charge on any atom is 0.308 e. The van der Waals surface area contributed by atoms with Crippen LogP contribution in [0.5, 0.6) is 17.2 Å². The molecule has 0 atom stereocenters. The smallest absolute Gasteiger partial charge is 0.308 e. The summed E-state index contributed by atoms with van der Waals surface area (Å²) in [7, 11) is 0. The number of rotatable bonds is 2. The lowest BCUT2D eigenvalue weighted by Crippen LogP contribution is -2.03. The van der Waals surface area contributed by atoms with Crippen molar-refractivity contribution in [3.05, 3.63) is 66.7 Å². The summed E-state index contributed by atoms with van der Waals surface area (Å²) >= 11 is 0. The summed E-state index contributed by atoms with van der Waals surface area (Å²) in [6.07, 6.45) is 0. The zero-order valence-corrected chi connectivity index (χ0v) is 14.1. The SMILES string of the molecule is CC(=O)Oc1c2ccccc2c(-c2ccc(O)cc2O)c2ccccc12. The largest absolute Gasteiger partial charge is 0.508 e. The summed E-state index contributed by atoms with van der Waals surface area (Å²) < 4.78 is 5.54. The predicted molar refractivity (Wildman–Crippen MR) is 102 cm³/mol. The highest BCUT2D eigenvalue weighted by Gasteiger charge is 2.18. The highest BCUT2D eigenvalue weighted by Crippen LogP contribution is 2.45. The van der Waals surface area contributed by atoms with Gasteiger partial charge in [-0.05, 0) is 22.9 Å². The van der Waals surface area contributed by atoms with E-state index in [9.17, 15) is 15.0 Å². The molecule has 26 heavy (non-hydrogen) atoms. The Bertz CT molecular complexity index is 1100. The first-order chi connectivity index (χ1) is 12.6. The monoisotopic (exact) mass is 344 g/mol. The highest BCUT2D eigenvalue weighted by atomic mass is 16.5. The van der Waals surface area contributed by atoms with Crippen molar-refractivity contribution in [3.63, 3.8) is 0 Å². The fourth-order valence-corrected chi connectivity index (χ4v) is 3.36. The number of carbonyl (C=O) groups is 1. The van der Waals surface area contributed by atoms with Crippen molar-refractivity contribution in [1.29, 1.82) is 0 Å². The average molecular weight is 344 g/mol. The van der Waals surface area contributed by atoms with Crippen LogP contribution in [-0.4, -0.2) is 16.2 Å². The number of hydrogen-bond acceptors (Lipinski definition) is 4. The molecular weight excluding hydrogens is 328 g/mol. The maximum absolute atomic E-state index is 11.7. The molecule has 0 saturated carbocycles. The Morgan fingerprint density at radius 1 is 0.808 bits per heavy atom. The van der Waals surface area contributed by atoms with E-state index in [4.69, 9.17) is 4.74 Å². The fourth-order valence-electron chi connectivity index (χ4n) is 3.36. The number of phenolic OH excluding ortho intramolecular Hbond substituents is 2. The summed E-state index contributed by atoms with van der Waals surface area (Å²) in [5.41, 5.74) is 1.43. The summed E-state index contributed by atoms with van der Waals surface area (Å²) in [6.45, 7) is 1.38. The molecule has 0 radical (unpaired) electrons. The highest BCUT2D eigenvalue weighted by molar-refractivity contribution is 6.18. The van der Waals surface area contributed by atoms with Crippen LogP contribution in [0.15, 0.2) is 66.7 Å². The number of benzene rings is 4. The van der Waals surface area contributed by atoms with Crippen molar-refractivity contribution in [2.24, 2.45) is 0 Å². The van der Waals surface area contributed by atoms with Gasteiger partial charge >= 0.3 is 5.97 Å². The van der Waals surface area contributed by atoms with E-state index < -0.39 is 0 Å². The third-order valence-corrected chi connectivity index (χ3v) is 4.38. The van der Waals surface area contributed by atoms with E-state index in [0.29, 0.717) is 11.3 Å². The van der Waals surface area contributed by atoms with E-state index >= 15 is 0 Å². The molecule has 4 nitrogen and oxygen atoms in total. The Hall–Kier alpha value is -3.53. The molecule has 4 aromatic rings. The number of carbonyl (C=O) groups excluding carboxylic acids is 1. The van der Waals surface area contributed by atoms with Gasteiger partial charge in [-0.2, -0.15) is 0 Å². The summed E-state index contributed by atoms with van der Waals surface area (Å²) in [5.74, 6) is 0.100. The van der Waals surface area contributed by atoms with Gasteiger partial charge in [-0.25, -0.2) is 0 Å². The Labute approximate surface area is 149 Å². The Balaban J connectivity index is 2.21. The van der Waals surface area contributed by atoms with Crippen LogP contribution in [0.2, 0.25) is 0 Å². The van der Waals surface area contributed by atoms with Crippen LogP contribution in [0.4, 0.5) is 0 Å². The van der Waals surface area contributed by atoms with Gasteiger partial charge in [0.25, 0.3) is 0 Å².